The zero-order valence-electron chi connectivity index (χ0n) is 7.57. The molecule has 1 heterocycles. The Labute approximate surface area is 81.2 Å². The van der Waals surface area contributed by atoms with Crippen molar-refractivity contribution in [2.75, 3.05) is 6.54 Å². The van der Waals surface area contributed by atoms with Crippen LogP contribution in [0.5, 0.6) is 5.75 Å². The second-order valence-electron chi connectivity index (χ2n) is 3.55. The molecule has 1 aromatic rings. The van der Waals surface area contributed by atoms with E-state index >= 15 is 0 Å². The molecule has 3 N–H and O–H groups in total. The number of β-amino-alcohol motifs (C(OH)–C–C–N with tert-alkyl or cyclic N) is 1. The van der Waals surface area contributed by atoms with Gasteiger partial charge in [-0.25, -0.2) is 4.39 Å². The molecule has 0 aromatic heterocycles. The van der Waals surface area contributed by atoms with Crippen molar-refractivity contribution in [2.45, 2.75) is 18.6 Å². The first-order valence-electron chi connectivity index (χ1n) is 4.56. The van der Waals surface area contributed by atoms with E-state index in [0.29, 0.717) is 18.5 Å². The fourth-order valence-electron chi connectivity index (χ4n) is 1.76. The zero-order chi connectivity index (χ0) is 10.1. The minimum absolute atomic E-state index is 0.0676. The second-order valence-corrected chi connectivity index (χ2v) is 3.55. The van der Waals surface area contributed by atoms with Gasteiger partial charge in [-0.1, -0.05) is 0 Å². The average molecular weight is 197 g/mol. The van der Waals surface area contributed by atoms with Gasteiger partial charge >= 0.3 is 0 Å². The lowest BCUT2D eigenvalue weighted by atomic mass is 10.0. The Morgan fingerprint density at radius 1 is 1.43 bits per heavy atom. The number of nitrogens with one attached hydrogen (secondary N) is 1. The van der Waals surface area contributed by atoms with Crippen LogP contribution in [0.1, 0.15) is 18.0 Å². The summed E-state index contributed by atoms with van der Waals surface area (Å²) >= 11 is 0. The molecule has 0 amide bonds. The van der Waals surface area contributed by atoms with Gasteiger partial charge in [0.2, 0.25) is 0 Å². The molecule has 76 valence electrons. The third-order valence-electron chi connectivity index (χ3n) is 2.47. The molecule has 1 aromatic carbocycles. The molecule has 1 saturated heterocycles. The van der Waals surface area contributed by atoms with Crippen molar-refractivity contribution in [2.24, 2.45) is 0 Å². The maximum Gasteiger partial charge on any atom is 0.123 e. The van der Waals surface area contributed by atoms with E-state index < -0.39 is 6.10 Å². The molecule has 14 heavy (non-hydrogen) atoms. The molecule has 1 aliphatic heterocycles. The minimum Gasteiger partial charge on any atom is -0.508 e. The van der Waals surface area contributed by atoms with Gasteiger partial charge in [-0.2, -0.15) is 0 Å². The topological polar surface area (TPSA) is 52.5 Å². The molecular formula is C10H12FNO2. The Bertz CT molecular complexity index is 343. The predicted molar refractivity (Wildman–Crippen MR) is 49.4 cm³/mol. The van der Waals surface area contributed by atoms with Gasteiger partial charge in [-0.15, -0.1) is 0 Å². The van der Waals surface area contributed by atoms with Gasteiger partial charge in [0.15, 0.2) is 0 Å². The highest BCUT2D eigenvalue weighted by molar-refractivity contribution is 5.35. The van der Waals surface area contributed by atoms with E-state index in [1.807, 2.05) is 0 Å². The first-order valence-corrected chi connectivity index (χ1v) is 4.56. The number of hydrogen-bond acceptors (Lipinski definition) is 3. The number of hydrogen-bond donors (Lipinski definition) is 3. The molecular weight excluding hydrogens is 185 g/mol. The molecule has 3 nitrogen and oxygen atoms in total. The number of aliphatic hydroxyl groups is 1. The number of phenols is 1. The predicted octanol–water partition coefficient (Wildman–Crippen LogP) is 0.927. The van der Waals surface area contributed by atoms with E-state index in [2.05, 4.69) is 5.32 Å². The van der Waals surface area contributed by atoms with Gasteiger partial charge < -0.3 is 15.5 Å². The van der Waals surface area contributed by atoms with Crippen LogP contribution in [0.25, 0.3) is 0 Å². The molecule has 2 atom stereocenters. The highest BCUT2D eigenvalue weighted by atomic mass is 19.1. The monoisotopic (exact) mass is 197 g/mol. The van der Waals surface area contributed by atoms with Crippen molar-refractivity contribution >= 4 is 0 Å². The summed E-state index contributed by atoms with van der Waals surface area (Å²) in [4.78, 5) is 0. The van der Waals surface area contributed by atoms with Gasteiger partial charge in [-0.05, 0) is 24.6 Å². The van der Waals surface area contributed by atoms with E-state index in [-0.39, 0.29) is 17.6 Å². The van der Waals surface area contributed by atoms with E-state index in [1.165, 1.54) is 18.2 Å². The second kappa shape index (κ2) is 3.55. The Kier molecular flexibility index (Phi) is 2.39. The van der Waals surface area contributed by atoms with Crippen LogP contribution in [-0.4, -0.2) is 22.9 Å². The number of halogens is 1. The van der Waals surface area contributed by atoms with Crippen LogP contribution in [0.2, 0.25) is 0 Å². The molecule has 0 radical (unpaired) electrons. The summed E-state index contributed by atoms with van der Waals surface area (Å²) in [5, 5.41) is 21.8. The number of rotatable bonds is 1. The van der Waals surface area contributed by atoms with E-state index in [1.54, 1.807) is 0 Å². The van der Waals surface area contributed by atoms with E-state index in [9.17, 15) is 14.6 Å². The molecule has 0 spiro atoms. The molecule has 1 unspecified atom stereocenters. The Morgan fingerprint density at radius 2 is 2.21 bits per heavy atom. The first kappa shape index (κ1) is 9.43. The van der Waals surface area contributed by atoms with Crippen LogP contribution in [-0.2, 0) is 0 Å². The fourth-order valence-corrected chi connectivity index (χ4v) is 1.76. The van der Waals surface area contributed by atoms with Crippen LogP contribution in [0, 0.1) is 5.82 Å². The molecule has 2 rings (SSSR count). The van der Waals surface area contributed by atoms with Crippen molar-refractivity contribution in [1.82, 2.24) is 5.32 Å². The van der Waals surface area contributed by atoms with Crippen LogP contribution >= 0.6 is 0 Å². The lowest BCUT2D eigenvalue weighted by Gasteiger charge is -2.12. The maximum atomic E-state index is 12.9. The van der Waals surface area contributed by atoms with E-state index in [0.717, 1.165) is 0 Å². The average Bonchev–Trinajstić information content (AvgIpc) is 2.56. The Balaban J connectivity index is 2.27. The zero-order valence-corrected chi connectivity index (χ0v) is 7.57. The van der Waals surface area contributed by atoms with Crippen molar-refractivity contribution in [3.05, 3.63) is 29.6 Å². The summed E-state index contributed by atoms with van der Waals surface area (Å²) < 4.78 is 12.9. The minimum atomic E-state index is -0.414. The SMILES string of the molecule is Oc1ccc(F)cc1C1C[C@@H](O)CN1. The Hall–Kier alpha value is -1.13. The molecule has 1 fully saturated rings. The lowest BCUT2D eigenvalue weighted by Crippen LogP contribution is -2.15. The molecule has 0 aliphatic carbocycles. The molecule has 0 saturated carbocycles. The normalized spacial score (nSPS) is 26.7. The summed E-state index contributed by atoms with van der Waals surface area (Å²) in [5.74, 6) is -0.306. The van der Waals surface area contributed by atoms with Crippen molar-refractivity contribution in [1.29, 1.82) is 0 Å². The number of phenolic OH excluding ortho intramolecular Hbond substituents is 1. The number of benzene rings is 1. The third-order valence-corrected chi connectivity index (χ3v) is 2.47. The number of aliphatic hydroxyl groups excluding tert-OH is 1. The smallest absolute Gasteiger partial charge is 0.123 e. The fraction of sp³-hybridized carbons (Fsp3) is 0.400. The quantitative estimate of drug-likeness (QED) is 0.627. The standard InChI is InChI=1S/C10H12FNO2/c11-6-1-2-10(14)8(3-6)9-4-7(13)5-12-9/h1-3,7,9,12-14H,4-5H2/t7-,9?/m1/s1. The Morgan fingerprint density at radius 3 is 2.86 bits per heavy atom. The summed E-state index contributed by atoms with van der Waals surface area (Å²) in [5.41, 5.74) is 0.515. The highest BCUT2D eigenvalue weighted by Gasteiger charge is 2.25. The van der Waals surface area contributed by atoms with Gasteiger partial charge in [0.25, 0.3) is 0 Å². The molecule has 4 heteroatoms. The maximum absolute atomic E-state index is 12.9. The van der Waals surface area contributed by atoms with Crippen LogP contribution in [0.4, 0.5) is 4.39 Å². The van der Waals surface area contributed by atoms with Gasteiger partial charge in [0.1, 0.15) is 11.6 Å². The van der Waals surface area contributed by atoms with Crippen LogP contribution in [0.3, 0.4) is 0 Å². The van der Waals surface area contributed by atoms with E-state index in [4.69, 9.17) is 0 Å². The molecule has 0 bridgehead atoms. The van der Waals surface area contributed by atoms with Crippen LogP contribution in [0.15, 0.2) is 18.2 Å². The van der Waals surface area contributed by atoms with Crippen molar-refractivity contribution in [3.63, 3.8) is 0 Å². The van der Waals surface area contributed by atoms with Gasteiger partial charge in [-0.3, -0.25) is 0 Å². The van der Waals surface area contributed by atoms with Gasteiger partial charge in [0.05, 0.1) is 6.10 Å². The largest absolute Gasteiger partial charge is 0.508 e. The molecule has 1 aliphatic rings. The van der Waals surface area contributed by atoms with Crippen molar-refractivity contribution < 1.29 is 14.6 Å². The van der Waals surface area contributed by atoms with Gasteiger partial charge in [0, 0.05) is 18.2 Å². The highest BCUT2D eigenvalue weighted by Crippen LogP contribution is 2.30. The third kappa shape index (κ3) is 1.71. The summed E-state index contributed by atoms with van der Waals surface area (Å²) in [6.45, 7) is 0.487. The first-order chi connectivity index (χ1) is 6.66. The number of aromatic hydroxyl groups is 1. The summed E-state index contributed by atoms with van der Waals surface area (Å²) in [7, 11) is 0. The lowest BCUT2D eigenvalue weighted by molar-refractivity contribution is 0.193. The summed E-state index contributed by atoms with van der Waals surface area (Å²) in [6, 6.07) is 3.69. The van der Waals surface area contributed by atoms with Crippen molar-refractivity contribution in [3.8, 4) is 5.75 Å². The van der Waals surface area contributed by atoms with Crippen LogP contribution < -0.4 is 5.32 Å². The summed E-state index contributed by atoms with van der Waals surface area (Å²) in [6.07, 6.45) is 0.0967.